The summed E-state index contributed by atoms with van der Waals surface area (Å²) in [5.74, 6) is -0.209. The SMILES string of the molecule is O=C(CSc1nc2sc3c(c2c(=O)n1Cc1ccco1)CCCC3)Nc1ccc(F)c(Cl)c1. The van der Waals surface area contributed by atoms with E-state index in [1.165, 1.54) is 34.8 Å². The largest absolute Gasteiger partial charge is 0.467 e. The fourth-order valence-electron chi connectivity index (χ4n) is 3.93. The van der Waals surface area contributed by atoms with Gasteiger partial charge in [0.2, 0.25) is 5.91 Å². The number of carbonyl (C=O) groups excluding carboxylic acids is 1. The average Bonchev–Trinajstić information content (AvgIpc) is 3.44. The first-order valence-electron chi connectivity index (χ1n) is 10.4. The number of thiophene rings is 1. The molecule has 170 valence electrons. The van der Waals surface area contributed by atoms with E-state index in [4.69, 9.17) is 21.0 Å². The number of thioether (sulfide) groups is 1. The summed E-state index contributed by atoms with van der Waals surface area (Å²) >= 11 is 8.54. The van der Waals surface area contributed by atoms with Gasteiger partial charge in [-0.2, -0.15) is 0 Å². The number of rotatable bonds is 6. The molecule has 33 heavy (non-hydrogen) atoms. The summed E-state index contributed by atoms with van der Waals surface area (Å²) in [7, 11) is 0. The minimum atomic E-state index is -0.554. The van der Waals surface area contributed by atoms with Crippen LogP contribution in [0.5, 0.6) is 0 Å². The molecule has 0 fully saturated rings. The van der Waals surface area contributed by atoms with E-state index in [1.54, 1.807) is 34.3 Å². The number of halogens is 2. The number of anilines is 1. The number of aromatic nitrogens is 2. The molecular weight excluding hydrogens is 485 g/mol. The summed E-state index contributed by atoms with van der Waals surface area (Å²) in [4.78, 5) is 32.8. The minimum Gasteiger partial charge on any atom is -0.467 e. The lowest BCUT2D eigenvalue weighted by Crippen LogP contribution is -2.25. The molecule has 1 amide bonds. The van der Waals surface area contributed by atoms with Crippen molar-refractivity contribution in [2.75, 3.05) is 11.1 Å². The molecule has 6 nitrogen and oxygen atoms in total. The molecule has 0 atom stereocenters. The van der Waals surface area contributed by atoms with Crippen molar-refractivity contribution in [2.24, 2.45) is 0 Å². The molecule has 0 unspecified atom stereocenters. The third-order valence-electron chi connectivity index (χ3n) is 5.47. The molecule has 3 heterocycles. The molecule has 0 aliphatic heterocycles. The molecule has 0 bridgehead atoms. The summed E-state index contributed by atoms with van der Waals surface area (Å²) in [6.07, 6.45) is 5.62. The topological polar surface area (TPSA) is 77.1 Å². The van der Waals surface area contributed by atoms with Crippen LogP contribution < -0.4 is 10.9 Å². The monoisotopic (exact) mass is 503 g/mol. The van der Waals surface area contributed by atoms with E-state index in [2.05, 4.69) is 5.32 Å². The predicted molar refractivity (Wildman–Crippen MR) is 129 cm³/mol. The maximum atomic E-state index is 13.5. The summed E-state index contributed by atoms with van der Waals surface area (Å²) in [6.45, 7) is 0.233. The highest BCUT2D eigenvalue weighted by Gasteiger charge is 2.23. The average molecular weight is 504 g/mol. The molecule has 0 saturated carbocycles. The number of aryl methyl sites for hydroxylation is 2. The van der Waals surface area contributed by atoms with Crippen LogP contribution in [0.4, 0.5) is 10.1 Å². The van der Waals surface area contributed by atoms with Gasteiger partial charge < -0.3 is 9.73 Å². The van der Waals surface area contributed by atoms with Gasteiger partial charge >= 0.3 is 0 Å². The molecule has 1 aromatic carbocycles. The van der Waals surface area contributed by atoms with Crippen LogP contribution in [0.1, 0.15) is 29.0 Å². The Bertz CT molecular complexity index is 1400. The van der Waals surface area contributed by atoms with E-state index < -0.39 is 5.82 Å². The number of carbonyl (C=O) groups is 1. The number of nitrogens with one attached hydrogen (secondary N) is 1. The first-order chi connectivity index (χ1) is 16.0. The van der Waals surface area contributed by atoms with Crippen molar-refractivity contribution in [3.8, 4) is 0 Å². The molecule has 1 aliphatic rings. The van der Waals surface area contributed by atoms with E-state index >= 15 is 0 Å². The predicted octanol–water partition coefficient (Wildman–Crippen LogP) is 5.50. The van der Waals surface area contributed by atoms with Gasteiger partial charge in [0.25, 0.3) is 5.56 Å². The maximum Gasteiger partial charge on any atom is 0.263 e. The number of fused-ring (bicyclic) bond motifs is 3. The van der Waals surface area contributed by atoms with Gasteiger partial charge in [-0.05, 0) is 61.6 Å². The Morgan fingerprint density at radius 3 is 2.94 bits per heavy atom. The van der Waals surface area contributed by atoms with Gasteiger partial charge in [-0.3, -0.25) is 14.2 Å². The third kappa shape index (κ3) is 4.58. The lowest BCUT2D eigenvalue weighted by atomic mass is 9.97. The Morgan fingerprint density at radius 1 is 1.30 bits per heavy atom. The van der Waals surface area contributed by atoms with Crippen LogP contribution in [0.3, 0.4) is 0 Å². The van der Waals surface area contributed by atoms with Crippen LogP contribution in [-0.4, -0.2) is 21.2 Å². The van der Waals surface area contributed by atoms with Crippen molar-refractivity contribution in [2.45, 2.75) is 37.4 Å². The highest BCUT2D eigenvalue weighted by atomic mass is 35.5. The van der Waals surface area contributed by atoms with Gasteiger partial charge in [-0.15, -0.1) is 11.3 Å². The normalized spacial score (nSPS) is 13.3. The summed E-state index contributed by atoms with van der Waals surface area (Å²) < 4.78 is 20.4. The Hall–Kier alpha value is -2.62. The van der Waals surface area contributed by atoms with Crippen LogP contribution >= 0.6 is 34.7 Å². The second-order valence-electron chi connectivity index (χ2n) is 7.72. The van der Waals surface area contributed by atoms with E-state index in [1.807, 2.05) is 0 Å². The molecule has 4 aromatic rings. The highest BCUT2D eigenvalue weighted by molar-refractivity contribution is 7.99. The van der Waals surface area contributed by atoms with Gasteiger partial charge in [0.05, 0.1) is 29.0 Å². The summed E-state index contributed by atoms with van der Waals surface area (Å²) in [5, 5.41) is 3.77. The Labute approximate surface area is 201 Å². The zero-order chi connectivity index (χ0) is 22.9. The van der Waals surface area contributed by atoms with Crippen LogP contribution in [0.25, 0.3) is 10.2 Å². The van der Waals surface area contributed by atoms with Gasteiger partial charge in [0.1, 0.15) is 16.4 Å². The number of hydrogen-bond donors (Lipinski definition) is 1. The molecule has 0 saturated heterocycles. The summed E-state index contributed by atoms with van der Waals surface area (Å²) in [5.41, 5.74) is 1.41. The summed E-state index contributed by atoms with van der Waals surface area (Å²) in [6, 6.07) is 7.57. The molecule has 3 aromatic heterocycles. The second kappa shape index (κ2) is 9.32. The van der Waals surface area contributed by atoms with E-state index in [0.717, 1.165) is 36.1 Å². The molecule has 5 rings (SSSR count). The Kier molecular flexibility index (Phi) is 6.27. The zero-order valence-electron chi connectivity index (χ0n) is 17.4. The van der Waals surface area contributed by atoms with E-state index in [9.17, 15) is 14.0 Å². The van der Waals surface area contributed by atoms with Gasteiger partial charge in [0.15, 0.2) is 5.16 Å². The van der Waals surface area contributed by atoms with Crippen LogP contribution in [-0.2, 0) is 24.2 Å². The molecule has 10 heteroatoms. The van der Waals surface area contributed by atoms with E-state index in [0.29, 0.717) is 22.0 Å². The fraction of sp³-hybridized carbons (Fsp3) is 0.261. The van der Waals surface area contributed by atoms with Crippen LogP contribution in [0, 0.1) is 5.82 Å². The number of furan rings is 1. The van der Waals surface area contributed by atoms with Gasteiger partial charge in [0, 0.05) is 10.6 Å². The maximum absolute atomic E-state index is 13.5. The molecule has 1 aliphatic carbocycles. The molecule has 0 spiro atoms. The number of hydrogen-bond acceptors (Lipinski definition) is 6. The van der Waals surface area contributed by atoms with Crippen molar-refractivity contribution in [3.05, 3.63) is 74.0 Å². The molecular formula is C23H19ClFN3O3S2. The van der Waals surface area contributed by atoms with Crippen LogP contribution in [0.15, 0.2) is 51.0 Å². The van der Waals surface area contributed by atoms with E-state index in [-0.39, 0.29) is 28.8 Å². The number of benzene rings is 1. The second-order valence-corrected chi connectivity index (χ2v) is 10.2. The Balaban J connectivity index is 1.45. The van der Waals surface area contributed by atoms with Crippen molar-refractivity contribution in [1.82, 2.24) is 9.55 Å². The smallest absolute Gasteiger partial charge is 0.263 e. The standard InChI is InChI=1S/C23H19ClFN3O3S2/c24-16-10-13(7-8-17(16)25)26-19(29)12-32-23-27-21-20(15-5-1-2-6-18(15)33-21)22(30)28(23)11-14-4-3-9-31-14/h3-4,7-10H,1-2,5-6,11-12H2,(H,26,29). The quantitative estimate of drug-likeness (QED) is 0.277. The molecule has 1 N–H and O–H groups in total. The molecule has 0 radical (unpaired) electrons. The number of nitrogens with zero attached hydrogens (tertiary/aromatic N) is 2. The zero-order valence-corrected chi connectivity index (χ0v) is 19.8. The third-order valence-corrected chi connectivity index (χ3v) is 7.92. The van der Waals surface area contributed by atoms with Crippen molar-refractivity contribution in [1.29, 1.82) is 0 Å². The van der Waals surface area contributed by atoms with Crippen LogP contribution in [0.2, 0.25) is 5.02 Å². The van der Waals surface area contributed by atoms with Gasteiger partial charge in [-0.25, -0.2) is 9.37 Å². The first-order valence-corrected chi connectivity index (χ1v) is 12.6. The lowest BCUT2D eigenvalue weighted by molar-refractivity contribution is -0.113. The first kappa shape index (κ1) is 22.2. The highest BCUT2D eigenvalue weighted by Crippen LogP contribution is 2.35. The van der Waals surface area contributed by atoms with Crippen molar-refractivity contribution < 1.29 is 13.6 Å². The lowest BCUT2D eigenvalue weighted by Gasteiger charge is -2.13. The minimum absolute atomic E-state index is 0.0240. The fourth-order valence-corrected chi connectivity index (χ4v) is 6.21. The van der Waals surface area contributed by atoms with Crippen molar-refractivity contribution in [3.63, 3.8) is 0 Å². The number of amides is 1. The van der Waals surface area contributed by atoms with Gasteiger partial charge in [-0.1, -0.05) is 23.4 Å². The van der Waals surface area contributed by atoms with Crippen molar-refractivity contribution >= 4 is 56.5 Å². The Morgan fingerprint density at radius 2 is 2.15 bits per heavy atom.